The fraction of sp³-hybridized carbons (Fsp3) is 0.500. The van der Waals surface area contributed by atoms with Gasteiger partial charge in [0.15, 0.2) is 0 Å². The van der Waals surface area contributed by atoms with Gasteiger partial charge in [-0.05, 0) is 39.7 Å². The van der Waals surface area contributed by atoms with Crippen LogP contribution in [0.15, 0.2) is 42.5 Å². The molecule has 164 valence electrons. The molecule has 2 amide bonds. The van der Waals surface area contributed by atoms with Crippen molar-refractivity contribution in [2.24, 2.45) is 0 Å². The van der Waals surface area contributed by atoms with Crippen molar-refractivity contribution in [3.63, 3.8) is 0 Å². The van der Waals surface area contributed by atoms with Crippen LogP contribution in [0.3, 0.4) is 0 Å². The first kappa shape index (κ1) is 23.3. The number of esters is 1. The van der Waals surface area contributed by atoms with E-state index in [1.54, 1.807) is 33.8 Å². The van der Waals surface area contributed by atoms with E-state index in [0.717, 1.165) is 5.56 Å². The maximum atomic E-state index is 12.6. The second-order valence-corrected chi connectivity index (χ2v) is 7.95. The highest BCUT2D eigenvalue weighted by Gasteiger charge is 2.37. The molecular formula is C22H30N2O6. The van der Waals surface area contributed by atoms with E-state index in [9.17, 15) is 14.4 Å². The minimum Gasteiger partial charge on any atom is -0.463 e. The lowest BCUT2D eigenvalue weighted by Crippen LogP contribution is -2.41. The molecule has 1 saturated heterocycles. The monoisotopic (exact) mass is 418 g/mol. The van der Waals surface area contributed by atoms with Crippen LogP contribution in [-0.4, -0.2) is 53.9 Å². The summed E-state index contributed by atoms with van der Waals surface area (Å²) in [5.74, 6) is -0.486. The van der Waals surface area contributed by atoms with E-state index in [0.29, 0.717) is 6.42 Å². The van der Waals surface area contributed by atoms with Crippen molar-refractivity contribution < 1.29 is 28.6 Å². The molecule has 1 aliphatic rings. The minimum absolute atomic E-state index is 0.154. The van der Waals surface area contributed by atoms with Crippen LogP contribution in [-0.2, 0) is 25.6 Å². The first-order valence-electron chi connectivity index (χ1n) is 9.99. The Hall–Kier alpha value is -3.03. The summed E-state index contributed by atoms with van der Waals surface area (Å²) in [7, 11) is 0. The summed E-state index contributed by atoms with van der Waals surface area (Å²) in [6, 6.07) is 8.60. The Morgan fingerprint density at radius 3 is 2.50 bits per heavy atom. The molecule has 1 fully saturated rings. The average Bonchev–Trinajstić information content (AvgIpc) is 3.07. The molecule has 30 heavy (non-hydrogen) atoms. The molecule has 8 heteroatoms. The molecule has 1 aromatic rings. The van der Waals surface area contributed by atoms with E-state index >= 15 is 0 Å². The third-order valence-corrected chi connectivity index (χ3v) is 4.25. The zero-order valence-electron chi connectivity index (χ0n) is 17.9. The summed E-state index contributed by atoms with van der Waals surface area (Å²) in [4.78, 5) is 37.9. The van der Waals surface area contributed by atoms with Gasteiger partial charge in [0.1, 0.15) is 12.2 Å². The Bertz CT molecular complexity index is 757. The number of nitrogens with one attached hydrogen (secondary N) is 1. The number of likely N-dealkylation sites (tertiary alicyclic amines) is 1. The molecule has 1 aromatic carbocycles. The number of carbonyl (C=O) groups is 3. The van der Waals surface area contributed by atoms with E-state index in [1.807, 2.05) is 30.3 Å². The molecule has 0 spiro atoms. The van der Waals surface area contributed by atoms with Crippen LogP contribution in [0.25, 0.3) is 0 Å². The van der Waals surface area contributed by atoms with Gasteiger partial charge < -0.3 is 19.5 Å². The highest BCUT2D eigenvalue weighted by Crippen LogP contribution is 2.22. The Balaban J connectivity index is 1.98. The van der Waals surface area contributed by atoms with Gasteiger partial charge in [-0.3, -0.25) is 4.90 Å². The maximum Gasteiger partial charge on any atom is 0.410 e. The molecule has 2 atom stereocenters. The van der Waals surface area contributed by atoms with E-state index in [-0.39, 0.29) is 25.8 Å². The van der Waals surface area contributed by atoms with Crippen molar-refractivity contribution >= 4 is 18.2 Å². The van der Waals surface area contributed by atoms with Gasteiger partial charge in [0.2, 0.25) is 0 Å². The molecule has 0 unspecified atom stereocenters. The Kier molecular flexibility index (Phi) is 8.26. The minimum atomic E-state index is -0.660. The second kappa shape index (κ2) is 10.7. The number of hydrogen-bond acceptors (Lipinski definition) is 6. The molecule has 2 rings (SSSR count). The highest BCUT2D eigenvalue weighted by molar-refractivity contribution is 5.82. The lowest BCUT2D eigenvalue weighted by atomic mass is 10.1. The topological polar surface area (TPSA) is 94.2 Å². The number of hydrogen-bond donors (Lipinski definition) is 1. The molecule has 0 aromatic heterocycles. The number of amides is 2. The Morgan fingerprint density at radius 1 is 1.17 bits per heavy atom. The Morgan fingerprint density at radius 2 is 1.87 bits per heavy atom. The summed E-state index contributed by atoms with van der Waals surface area (Å²) < 4.78 is 15.6. The second-order valence-electron chi connectivity index (χ2n) is 7.95. The fourth-order valence-corrected chi connectivity index (χ4v) is 3.00. The molecule has 1 N–H and O–H groups in total. The van der Waals surface area contributed by atoms with Crippen LogP contribution < -0.4 is 5.32 Å². The van der Waals surface area contributed by atoms with Crippen molar-refractivity contribution in [3.8, 4) is 0 Å². The molecule has 0 aliphatic carbocycles. The number of ether oxygens (including phenoxy) is 3. The van der Waals surface area contributed by atoms with Gasteiger partial charge in [0.25, 0.3) is 0 Å². The Labute approximate surface area is 177 Å². The van der Waals surface area contributed by atoms with Crippen molar-refractivity contribution in [2.45, 2.75) is 58.4 Å². The van der Waals surface area contributed by atoms with E-state index in [2.05, 4.69) is 5.32 Å². The van der Waals surface area contributed by atoms with E-state index in [1.165, 1.54) is 11.0 Å². The predicted molar refractivity (Wildman–Crippen MR) is 111 cm³/mol. The number of rotatable bonds is 6. The highest BCUT2D eigenvalue weighted by atomic mass is 16.6. The van der Waals surface area contributed by atoms with Gasteiger partial charge in [-0.1, -0.05) is 36.4 Å². The number of alkyl carbamates (subject to hydrolysis) is 1. The molecule has 8 nitrogen and oxygen atoms in total. The van der Waals surface area contributed by atoms with Gasteiger partial charge >= 0.3 is 18.2 Å². The fourth-order valence-electron chi connectivity index (χ4n) is 3.00. The van der Waals surface area contributed by atoms with Crippen LogP contribution in [0, 0.1) is 0 Å². The summed E-state index contributed by atoms with van der Waals surface area (Å²) in [5, 5.41) is 2.78. The molecule has 0 radical (unpaired) electrons. The van der Waals surface area contributed by atoms with E-state index < -0.39 is 29.8 Å². The quantitative estimate of drug-likeness (QED) is 0.432. The lowest BCUT2D eigenvalue weighted by molar-refractivity contribution is -0.137. The summed E-state index contributed by atoms with van der Waals surface area (Å²) >= 11 is 0. The smallest absolute Gasteiger partial charge is 0.410 e. The van der Waals surface area contributed by atoms with Gasteiger partial charge in [0, 0.05) is 12.6 Å². The first-order chi connectivity index (χ1) is 14.2. The van der Waals surface area contributed by atoms with Crippen molar-refractivity contribution in [1.29, 1.82) is 0 Å². The van der Waals surface area contributed by atoms with Crippen LogP contribution in [0.5, 0.6) is 0 Å². The number of nitrogens with zero attached hydrogens (tertiary/aromatic N) is 1. The van der Waals surface area contributed by atoms with Gasteiger partial charge in [-0.2, -0.15) is 0 Å². The molecule has 0 saturated carbocycles. The van der Waals surface area contributed by atoms with E-state index in [4.69, 9.17) is 14.2 Å². The van der Waals surface area contributed by atoms with Crippen LogP contribution >= 0.6 is 0 Å². The summed E-state index contributed by atoms with van der Waals surface area (Å²) in [6.07, 6.45) is 2.24. The third kappa shape index (κ3) is 7.77. The first-order valence-corrected chi connectivity index (χ1v) is 9.99. The molecule has 1 aliphatic heterocycles. The number of carbonyl (C=O) groups excluding carboxylic acids is 3. The molecule has 0 bridgehead atoms. The third-order valence-electron chi connectivity index (χ3n) is 4.25. The van der Waals surface area contributed by atoms with Crippen molar-refractivity contribution in [3.05, 3.63) is 48.0 Å². The normalized spacial score (nSPS) is 18.9. The van der Waals surface area contributed by atoms with Gasteiger partial charge in [-0.15, -0.1) is 0 Å². The SMILES string of the molecule is CCOC(=O)/C=C/[C@@H]1C[C@@H](NC(=O)OCc2ccccc2)CN1C(=O)OC(C)(C)C. The van der Waals surface area contributed by atoms with Crippen molar-refractivity contribution in [1.82, 2.24) is 10.2 Å². The summed E-state index contributed by atoms with van der Waals surface area (Å²) in [6.45, 7) is 7.72. The maximum absolute atomic E-state index is 12.6. The van der Waals surface area contributed by atoms with Crippen LogP contribution in [0.4, 0.5) is 9.59 Å². The predicted octanol–water partition coefficient (Wildman–Crippen LogP) is 3.41. The van der Waals surface area contributed by atoms with Crippen LogP contribution in [0.1, 0.15) is 39.7 Å². The largest absolute Gasteiger partial charge is 0.463 e. The lowest BCUT2D eigenvalue weighted by Gasteiger charge is -2.27. The molecule has 1 heterocycles. The zero-order valence-corrected chi connectivity index (χ0v) is 17.9. The average molecular weight is 418 g/mol. The molecular weight excluding hydrogens is 388 g/mol. The standard InChI is InChI=1S/C22H30N2O6/c1-5-28-19(25)12-11-18-13-17(14-24(18)21(27)30-22(2,3)4)23-20(26)29-15-16-9-7-6-8-10-16/h6-12,17-18H,5,13-15H2,1-4H3,(H,23,26)/b12-11+/t17-,18-/m1/s1. The van der Waals surface area contributed by atoms with Crippen molar-refractivity contribution in [2.75, 3.05) is 13.2 Å². The summed E-state index contributed by atoms with van der Waals surface area (Å²) in [5.41, 5.74) is 0.219. The van der Waals surface area contributed by atoms with Gasteiger partial charge in [0.05, 0.1) is 18.7 Å². The van der Waals surface area contributed by atoms with Crippen LogP contribution in [0.2, 0.25) is 0 Å². The zero-order chi connectivity index (χ0) is 22.1. The van der Waals surface area contributed by atoms with Gasteiger partial charge in [-0.25, -0.2) is 14.4 Å². The number of benzene rings is 1.